The fourth-order valence-electron chi connectivity index (χ4n) is 9.23. The molecule has 1 unspecified atom stereocenters. The van der Waals surface area contributed by atoms with Crippen LogP contribution in [0.25, 0.3) is 0 Å². The van der Waals surface area contributed by atoms with Crippen LogP contribution in [0.4, 0.5) is 0 Å². The maximum absolute atomic E-state index is 14.0. The predicted molar refractivity (Wildman–Crippen MR) is 159 cm³/mol. The van der Waals surface area contributed by atoms with Crippen molar-refractivity contribution >= 4 is 5.91 Å². The van der Waals surface area contributed by atoms with Gasteiger partial charge >= 0.3 is 0 Å². The van der Waals surface area contributed by atoms with Crippen LogP contribution in [0.1, 0.15) is 75.3 Å². The summed E-state index contributed by atoms with van der Waals surface area (Å²) < 4.78 is 12.8. The number of ether oxygens (including phenoxy) is 2. The standard InChI is InChI=1S/C35H39N3O3/c1-4-15-37-18-14-35-26-20-25-21(2)30(34(39)38-16-12-23(13-17-38)22-8-6-5-7-9-22)36-31(25)33(35)41-32-28(40-3)11-10-24(29(32)35)19-27(26)37/h4-11,23,26-27,33,36H,1,12-20H2,2-3H3/t26-,27-,33-,35?/m0/s1. The zero-order chi connectivity index (χ0) is 27.9. The Kier molecular flexibility index (Phi) is 5.69. The summed E-state index contributed by atoms with van der Waals surface area (Å²) in [6, 6.07) is 15.5. The number of methoxy groups -OCH3 is 1. The summed E-state index contributed by atoms with van der Waals surface area (Å²) in [5.74, 6) is 2.82. The first-order valence-electron chi connectivity index (χ1n) is 15.3. The molecule has 2 saturated heterocycles. The topological polar surface area (TPSA) is 57.8 Å². The van der Waals surface area contributed by atoms with Gasteiger partial charge in [0.2, 0.25) is 0 Å². The normalized spacial score (nSPS) is 28.0. The van der Waals surface area contributed by atoms with Crippen molar-refractivity contribution < 1.29 is 14.3 Å². The number of piperidine rings is 2. The smallest absolute Gasteiger partial charge is 0.270 e. The summed E-state index contributed by atoms with van der Waals surface area (Å²) >= 11 is 0. The molecule has 8 rings (SSSR count). The Bertz CT molecular complexity index is 1540. The summed E-state index contributed by atoms with van der Waals surface area (Å²) in [6.07, 6.45) is 6.95. The molecular formula is C35H39N3O3. The third-order valence-corrected chi connectivity index (χ3v) is 11.2. The molecule has 2 bridgehead atoms. The number of rotatable bonds is 5. The lowest BCUT2D eigenvalue weighted by Crippen LogP contribution is -2.62. The van der Waals surface area contributed by atoms with Gasteiger partial charge in [-0.3, -0.25) is 9.69 Å². The average Bonchev–Trinajstić information content (AvgIpc) is 3.53. The summed E-state index contributed by atoms with van der Waals surface area (Å²) in [7, 11) is 1.74. The van der Waals surface area contributed by atoms with Crippen LogP contribution >= 0.6 is 0 Å². The highest BCUT2D eigenvalue weighted by Gasteiger charge is 2.65. The number of carbonyl (C=O) groups is 1. The van der Waals surface area contributed by atoms with Crippen LogP contribution < -0.4 is 9.47 Å². The fourth-order valence-corrected chi connectivity index (χ4v) is 9.23. The van der Waals surface area contributed by atoms with Crippen LogP contribution in [0.2, 0.25) is 0 Å². The first kappa shape index (κ1) is 25.2. The lowest BCUT2D eigenvalue weighted by Gasteiger charge is -2.58. The molecule has 3 aliphatic heterocycles. The molecule has 2 aromatic carbocycles. The predicted octanol–water partition coefficient (Wildman–Crippen LogP) is 5.71. The summed E-state index contributed by atoms with van der Waals surface area (Å²) in [6.45, 7) is 9.72. The highest BCUT2D eigenvalue weighted by Crippen LogP contribution is 2.67. The molecule has 2 aliphatic carbocycles. The second kappa shape index (κ2) is 9.25. The van der Waals surface area contributed by atoms with E-state index in [0.717, 1.165) is 86.7 Å². The van der Waals surface area contributed by atoms with Crippen LogP contribution in [0.15, 0.2) is 55.1 Å². The molecule has 6 nitrogen and oxygen atoms in total. The molecule has 1 spiro atoms. The van der Waals surface area contributed by atoms with Crippen LogP contribution in [-0.2, 0) is 18.3 Å². The zero-order valence-corrected chi connectivity index (χ0v) is 24.1. The van der Waals surface area contributed by atoms with E-state index in [1.165, 1.54) is 22.3 Å². The Morgan fingerprint density at radius 1 is 1.15 bits per heavy atom. The number of fused-ring (bicyclic) bond motifs is 2. The van der Waals surface area contributed by atoms with Gasteiger partial charge in [0.25, 0.3) is 5.91 Å². The minimum Gasteiger partial charge on any atom is -0.493 e. The molecule has 2 fully saturated rings. The fraction of sp³-hybridized carbons (Fsp3) is 0.457. The average molecular weight is 550 g/mol. The van der Waals surface area contributed by atoms with Crippen molar-refractivity contribution in [3.05, 3.63) is 94.3 Å². The Labute approximate surface area is 242 Å². The number of likely N-dealkylation sites (tertiary alicyclic amines) is 2. The van der Waals surface area contributed by atoms with E-state index in [4.69, 9.17) is 9.47 Å². The van der Waals surface area contributed by atoms with Gasteiger partial charge in [-0.1, -0.05) is 42.5 Å². The second-order valence-corrected chi connectivity index (χ2v) is 12.8. The number of carbonyl (C=O) groups excluding carboxylic acids is 1. The largest absolute Gasteiger partial charge is 0.493 e. The van der Waals surface area contributed by atoms with E-state index in [2.05, 4.69) is 70.8 Å². The van der Waals surface area contributed by atoms with Gasteiger partial charge in [-0.2, -0.15) is 0 Å². The van der Waals surface area contributed by atoms with Crippen LogP contribution in [0.5, 0.6) is 11.5 Å². The Balaban J connectivity index is 1.16. The maximum Gasteiger partial charge on any atom is 0.270 e. The number of nitrogens with zero attached hydrogens (tertiary/aromatic N) is 2. The van der Waals surface area contributed by atoms with Crippen LogP contribution in [0, 0.1) is 12.8 Å². The van der Waals surface area contributed by atoms with Crippen molar-refractivity contribution in [1.82, 2.24) is 14.8 Å². The Morgan fingerprint density at radius 2 is 1.95 bits per heavy atom. The number of nitrogens with one attached hydrogen (secondary N) is 1. The first-order valence-corrected chi connectivity index (χ1v) is 15.3. The van der Waals surface area contributed by atoms with E-state index in [0.29, 0.717) is 17.9 Å². The van der Waals surface area contributed by atoms with Gasteiger partial charge in [-0.25, -0.2) is 0 Å². The highest BCUT2D eigenvalue weighted by molar-refractivity contribution is 5.94. The van der Waals surface area contributed by atoms with E-state index >= 15 is 0 Å². The molecule has 212 valence electrons. The number of H-pyrrole nitrogens is 1. The number of aromatic amines is 1. The van der Waals surface area contributed by atoms with Gasteiger partial charge in [0, 0.05) is 36.7 Å². The maximum atomic E-state index is 14.0. The Morgan fingerprint density at radius 3 is 2.71 bits per heavy atom. The summed E-state index contributed by atoms with van der Waals surface area (Å²) in [4.78, 5) is 22.4. The van der Waals surface area contributed by atoms with Gasteiger partial charge < -0.3 is 19.4 Å². The number of hydrogen-bond acceptors (Lipinski definition) is 4. The van der Waals surface area contributed by atoms with E-state index in [-0.39, 0.29) is 17.4 Å². The van der Waals surface area contributed by atoms with Crippen molar-refractivity contribution in [2.75, 3.05) is 33.3 Å². The molecule has 5 aliphatic rings. The molecule has 6 heteroatoms. The molecule has 4 atom stereocenters. The number of aromatic nitrogens is 1. The van der Waals surface area contributed by atoms with Crippen molar-refractivity contribution in [2.45, 2.75) is 62.5 Å². The van der Waals surface area contributed by atoms with Crippen molar-refractivity contribution in [1.29, 1.82) is 0 Å². The number of hydrogen-bond donors (Lipinski definition) is 1. The molecule has 0 saturated carbocycles. The molecule has 41 heavy (non-hydrogen) atoms. The van der Waals surface area contributed by atoms with Crippen molar-refractivity contribution in [2.24, 2.45) is 5.92 Å². The van der Waals surface area contributed by atoms with Gasteiger partial charge in [-0.05, 0) is 85.7 Å². The number of benzene rings is 2. The van der Waals surface area contributed by atoms with Crippen molar-refractivity contribution in [3.8, 4) is 11.5 Å². The molecule has 4 heterocycles. The van der Waals surface area contributed by atoms with E-state index in [1.807, 2.05) is 6.08 Å². The lowest BCUT2D eigenvalue weighted by molar-refractivity contribution is -0.0314. The first-order chi connectivity index (χ1) is 20.0. The molecule has 1 amide bonds. The molecule has 0 radical (unpaired) electrons. The van der Waals surface area contributed by atoms with E-state index < -0.39 is 0 Å². The van der Waals surface area contributed by atoms with Crippen LogP contribution in [-0.4, -0.2) is 60.0 Å². The third-order valence-electron chi connectivity index (χ3n) is 11.2. The minimum absolute atomic E-state index is 0.0988. The third kappa shape index (κ3) is 3.43. The molecule has 1 aromatic heterocycles. The minimum atomic E-state index is -0.126. The van der Waals surface area contributed by atoms with Crippen LogP contribution in [0.3, 0.4) is 0 Å². The van der Waals surface area contributed by atoms with Crippen molar-refractivity contribution in [3.63, 3.8) is 0 Å². The monoisotopic (exact) mass is 549 g/mol. The van der Waals surface area contributed by atoms with E-state index in [1.54, 1.807) is 7.11 Å². The lowest BCUT2D eigenvalue weighted by atomic mass is 9.51. The quantitative estimate of drug-likeness (QED) is 0.414. The molecular weight excluding hydrogens is 510 g/mol. The van der Waals surface area contributed by atoms with E-state index in [9.17, 15) is 4.79 Å². The molecule has 3 aromatic rings. The SMILES string of the molecule is C=CCN1CCC23c4c5ccc(OC)c4O[C@H]2c2[nH]c(C(=O)N4CCC(c6ccccc6)CC4)c(C)c2C[C@H]3[C@@H]1C5. The van der Waals surface area contributed by atoms with Gasteiger partial charge in [0.05, 0.1) is 12.8 Å². The highest BCUT2D eigenvalue weighted by atomic mass is 16.5. The second-order valence-electron chi connectivity index (χ2n) is 12.8. The van der Waals surface area contributed by atoms with Gasteiger partial charge in [-0.15, -0.1) is 6.58 Å². The summed E-state index contributed by atoms with van der Waals surface area (Å²) in [5, 5.41) is 0. The molecule has 1 N–H and O–H groups in total. The van der Waals surface area contributed by atoms with Gasteiger partial charge in [0.1, 0.15) is 11.8 Å². The summed E-state index contributed by atoms with van der Waals surface area (Å²) in [5.41, 5.74) is 8.32. The number of amides is 1. The Hall–Kier alpha value is -3.51. The van der Waals surface area contributed by atoms with Gasteiger partial charge in [0.15, 0.2) is 11.5 Å². The zero-order valence-electron chi connectivity index (χ0n) is 24.1.